The summed E-state index contributed by atoms with van der Waals surface area (Å²) in [5.41, 5.74) is 5.75. The summed E-state index contributed by atoms with van der Waals surface area (Å²) in [6.45, 7) is 1.47. The molecule has 0 spiro atoms. The van der Waals surface area contributed by atoms with Gasteiger partial charge in [-0.2, -0.15) is 9.78 Å². The predicted octanol–water partition coefficient (Wildman–Crippen LogP) is 2.10. The van der Waals surface area contributed by atoms with Crippen molar-refractivity contribution in [2.24, 2.45) is 5.73 Å². The van der Waals surface area contributed by atoms with E-state index in [0.29, 0.717) is 16.3 Å². The van der Waals surface area contributed by atoms with E-state index in [9.17, 15) is 19.5 Å². The van der Waals surface area contributed by atoms with Gasteiger partial charge in [-0.3, -0.25) is 9.59 Å². The second-order valence-corrected chi connectivity index (χ2v) is 7.22. The lowest BCUT2D eigenvalue weighted by Gasteiger charge is -1.96. The van der Waals surface area contributed by atoms with Gasteiger partial charge in [-0.25, -0.2) is 9.78 Å². The third kappa shape index (κ3) is 3.96. The number of benzene rings is 1. The Kier molecular flexibility index (Phi) is 5.13. The number of thiazole rings is 1. The van der Waals surface area contributed by atoms with Crippen molar-refractivity contribution in [1.29, 1.82) is 0 Å². The van der Waals surface area contributed by atoms with Crippen LogP contribution in [0.5, 0.6) is 0 Å². The number of carboxylic acids is 1. The summed E-state index contributed by atoms with van der Waals surface area (Å²) in [4.78, 5) is 44.3. The fraction of sp³-hybridized carbons (Fsp3) is 0.105. The average Bonchev–Trinajstić information content (AvgIpc) is 3.46. The van der Waals surface area contributed by atoms with E-state index < -0.39 is 11.9 Å². The summed E-state index contributed by atoms with van der Waals surface area (Å²) in [6, 6.07) is 8.54. The Morgan fingerprint density at radius 2 is 1.87 bits per heavy atom. The molecule has 3 aromatic heterocycles. The molecule has 4 aromatic rings. The first-order valence-corrected chi connectivity index (χ1v) is 9.71. The van der Waals surface area contributed by atoms with Crippen molar-refractivity contribution in [1.82, 2.24) is 25.0 Å². The number of carboxylic acid groups (broad SMARTS) is 1. The number of oxazole rings is 1. The van der Waals surface area contributed by atoms with E-state index in [1.165, 1.54) is 18.3 Å². The standard InChI is InChI=1S/C19H14N6O5S/c1-9(26)18-21-11(8-31-18)7-25-23-12(16(20)27)13(24-25)17-22-14(19(28)29)15(30-17)10-5-3-2-4-6-10/h2-6,8H,7H2,1H3,(H2,20,27)(H,28,29). The molecule has 0 aliphatic carbocycles. The quantitative estimate of drug-likeness (QED) is 0.411. The van der Waals surface area contributed by atoms with Crippen LogP contribution < -0.4 is 5.73 Å². The third-order valence-corrected chi connectivity index (χ3v) is 5.11. The molecule has 0 bridgehead atoms. The van der Waals surface area contributed by atoms with Crippen LogP contribution in [0.4, 0.5) is 0 Å². The second kappa shape index (κ2) is 7.91. The molecule has 0 radical (unpaired) electrons. The van der Waals surface area contributed by atoms with Crippen LogP contribution in [-0.4, -0.2) is 47.7 Å². The van der Waals surface area contributed by atoms with Crippen LogP contribution in [0.15, 0.2) is 40.1 Å². The zero-order chi connectivity index (χ0) is 22.1. The molecule has 3 heterocycles. The molecule has 11 nitrogen and oxygen atoms in total. The molecule has 0 saturated heterocycles. The first kappa shape index (κ1) is 20.1. The highest BCUT2D eigenvalue weighted by molar-refractivity contribution is 7.11. The number of rotatable bonds is 7. The van der Waals surface area contributed by atoms with Crippen LogP contribution >= 0.6 is 11.3 Å². The number of ketones is 1. The van der Waals surface area contributed by atoms with E-state index in [1.807, 2.05) is 0 Å². The second-order valence-electron chi connectivity index (χ2n) is 6.36. The zero-order valence-electron chi connectivity index (χ0n) is 16.0. The molecule has 31 heavy (non-hydrogen) atoms. The maximum atomic E-state index is 11.9. The number of primary amides is 1. The Morgan fingerprint density at radius 3 is 2.48 bits per heavy atom. The molecule has 3 N–H and O–H groups in total. The fourth-order valence-corrected chi connectivity index (χ4v) is 3.48. The van der Waals surface area contributed by atoms with Gasteiger partial charge in [0.25, 0.3) is 11.8 Å². The van der Waals surface area contributed by atoms with Crippen LogP contribution in [0, 0.1) is 0 Å². The number of aromatic nitrogens is 5. The first-order chi connectivity index (χ1) is 14.8. The predicted molar refractivity (Wildman–Crippen MR) is 108 cm³/mol. The van der Waals surface area contributed by atoms with Crippen LogP contribution in [0.3, 0.4) is 0 Å². The van der Waals surface area contributed by atoms with Gasteiger partial charge in [-0.1, -0.05) is 30.3 Å². The Hall–Kier alpha value is -4.19. The molecule has 0 aliphatic rings. The molecular formula is C19H14N6O5S. The highest BCUT2D eigenvalue weighted by Gasteiger charge is 2.27. The summed E-state index contributed by atoms with van der Waals surface area (Å²) in [5, 5.41) is 19.8. The SMILES string of the molecule is CC(=O)c1nc(Cn2nc(C(N)=O)c(-c3nc(C(=O)O)c(-c4ccccc4)o3)n2)cs1. The Balaban J connectivity index is 1.76. The summed E-state index contributed by atoms with van der Waals surface area (Å²) < 4.78 is 5.66. The van der Waals surface area contributed by atoms with Crippen molar-refractivity contribution in [3.05, 3.63) is 57.8 Å². The van der Waals surface area contributed by atoms with Crippen molar-refractivity contribution in [3.8, 4) is 22.9 Å². The number of amides is 1. The summed E-state index contributed by atoms with van der Waals surface area (Å²) in [7, 11) is 0. The lowest BCUT2D eigenvalue weighted by molar-refractivity contribution is 0.0691. The number of carbonyl (C=O) groups is 3. The maximum absolute atomic E-state index is 11.9. The number of hydrogen-bond acceptors (Lipinski definition) is 9. The van der Waals surface area contributed by atoms with Crippen molar-refractivity contribution in [2.75, 3.05) is 0 Å². The highest BCUT2D eigenvalue weighted by atomic mass is 32.1. The van der Waals surface area contributed by atoms with Gasteiger partial charge in [0.15, 0.2) is 33.6 Å². The minimum atomic E-state index is -1.30. The Bertz CT molecular complexity index is 1310. The van der Waals surface area contributed by atoms with E-state index in [-0.39, 0.29) is 41.1 Å². The summed E-state index contributed by atoms with van der Waals surface area (Å²) in [6.07, 6.45) is 0. The van der Waals surface area contributed by atoms with Gasteiger partial charge in [0, 0.05) is 17.9 Å². The van der Waals surface area contributed by atoms with Gasteiger partial charge in [0.2, 0.25) is 0 Å². The van der Waals surface area contributed by atoms with E-state index in [1.54, 1.807) is 35.7 Å². The minimum absolute atomic E-state index is 0.0127. The Morgan fingerprint density at radius 1 is 1.13 bits per heavy atom. The smallest absolute Gasteiger partial charge is 0.358 e. The normalized spacial score (nSPS) is 10.9. The molecule has 4 rings (SSSR count). The largest absolute Gasteiger partial charge is 0.476 e. The van der Waals surface area contributed by atoms with Crippen molar-refractivity contribution in [2.45, 2.75) is 13.5 Å². The Labute approximate surface area is 178 Å². The van der Waals surface area contributed by atoms with Crippen LogP contribution in [-0.2, 0) is 6.54 Å². The van der Waals surface area contributed by atoms with Crippen molar-refractivity contribution < 1.29 is 23.9 Å². The van der Waals surface area contributed by atoms with Crippen molar-refractivity contribution >= 4 is 29.0 Å². The molecule has 0 aliphatic heterocycles. The molecule has 0 unspecified atom stereocenters. The number of nitrogens with two attached hydrogens (primary N) is 1. The molecule has 156 valence electrons. The molecule has 0 atom stereocenters. The summed E-state index contributed by atoms with van der Waals surface area (Å²) in [5.74, 6) is -2.56. The third-order valence-electron chi connectivity index (χ3n) is 4.11. The fourth-order valence-electron chi connectivity index (χ4n) is 2.77. The van der Waals surface area contributed by atoms with Gasteiger partial charge in [0.1, 0.15) is 6.54 Å². The van der Waals surface area contributed by atoms with Gasteiger partial charge in [-0.15, -0.1) is 21.5 Å². The highest BCUT2D eigenvalue weighted by Crippen LogP contribution is 2.30. The number of nitrogens with zero attached hydrogens (tertiary/aromatic N) is 5. The van der Waals surface area contributed by atoms with Gasteiger partial charge < -0.3 is 15.3 Å². The number of hydrogen-bond donors (Lipinski definition) is 2. The minimum Gasteiger partial charge on any atom is -0.476 e. The van der Waals surface area contributed by atoms with E-state index in [2.05, 4.69) is 20.2 Å². The molecular weight excluding hydrogens is 424 g/mol. The zero-order valence-corrected chi connectivity index (χ0v) is 16.8. The van der Waals surface area contributed by atoms with Crippen molar-refractivity contribution in [3.63, 3.8) is 0 Å². The molecule has 0 saturated carbocycles. The molecule has 12 heteroatoms. The van der Waals surface area contributed by atoms with Crippen LogP contribution in [0.1, 0.15) is 43.4 Å². The maximum Gasteiger partial charge on any atom is 0.358 e. The lowest BCUT2D eigenvalue weighted by atomic mass is 10.1. The average molecular weight is 438 g/mol. The van der Waals surface area contributed by atoms with Gasteiger partial charge >= 0.3 is 5.97 Å². The molecule has 1 amide bonds. The number of Topliss-reactive ketones (excluding diaryl/α,β-unsaturated/α-hetero) is 1. The van der Waals surface area contributed by atoms with Crippen LogP contribution in [0.2, 0.25) is 0 Å². The topological polar surface area (TPSA) is 167 Å². The number of aromatic carboxylic acids is 1. The van der Waals surface area contributed by atoms with E-state index in [4.69, 9.17) is 10.2 Å². The molecule has 1 aromatic carbocycles. The first-order valence-electron chi connectivity index (χ1n) is 8.83. The number of carbonyl (C=O) groups excluding carboxylic acids is 2. The van der Waals surface area contributed by atoms with Gasteiger partial charge in [0.05, 0.1) is 5.69 Å². The van der Waals surface area contributed by atoms with Crippen LogP contribution in [0.25, 0.3) is 22.9 Å². The van der Waals surface area contributed by atoms with E-state index >= 15 is 0 Å². The summed E-state index contributed by atoms with van der Waals surface area (Å²) >= 11 is 1.18. The molecule has 0 fully saturated rings. The monoisotopic (exact) mass is 438 g/mol. The van der Waals surface area contributed by atoms with Gasteiger partial charge in [-0.05, 0) is 0 Å². The van der Waals surface area contributed by atoms with E-state index in [0.717, 1.165) is 4.80 Å². The lowest BCUT2D eigenvalue weighted by Crippen LogP contribution is -2.14.